The van der Waals surface area contributed by atoms with Gasteiger partial charge in [-0.05, 0) is 68.9 Å². The Kier molecular flexibility index (Phi) is 6.40. The maximum absolute atomic E-state index is 12.9. The lowest BCUT2D eigenvalue weighted by molar-refractivity contribution is -0.135. The average Bonchev–Trinajstić information content (AvgIpc) is 2.89. The second kappa shape index (κ2) is 8.55. The van der Waals surface area contributed by atoms with Gasteiger partial charge in [0.2, 0.25) is 5.91 Å². The molecule has 1 aromatic carbocycles. The molecule has 0 radical (unpaired) electrons. The first-order valence-corrected chi connectivity index (χ1v) is 9.88. The van der Waals surface area contributed by atoms with Crippen LogP contribution in [0.25, 0.3) is 0 Å². The van der Waals surface area contributed by atoms with Crippen LogP contribution >= 0.6 is 12.4 Å². The first-order chi connectivity index (χ1) is 11.8. The molecule has 0 spiro atoms. The molecule has 2 bridgehead atoms. The third kappa shape index (κ3) is 4.20. The van der Waals surface area contributed by atoms with Gasteiger partial charge >= 0.3 is 0 Å². The lowest BCUT2D eigenvalue weighted by Gasteiger charge is -2.32. The molecule has 1 amide bonds. The monoisotopic (exact) mass is 362 g/mol. The number of nitrogens with zero attached hydrogens (tertiary/aromatic N) is 1. The third-order valence-electron chi connectivity index (χ3n) is 6.52. The highest BCUT2D eigenvalue weighted by molar-refractivity contribution is 5.85. The van der Waals surface area contributed by atoms with E-state index >= 15 is 0 Å². The van der Waals surface area contributed by atoms with E-state index in [1.54, 1.807) is 0 Å². The predicted molar refractivity (Wildman–Crippen MR) is 104 cm³/mol. The number of hydrogen-bond acceptors (Lipinski definition) is 2. The molecule has 1 saturated carbocycles. The largest absolute Gasteiger partial charge is 0.335 e. The summed E-state index contributed by atoms with van der Waals surface area (Å²) in [5.74, 6) is 1.75. The van der Waals surface area contributed by atoms with E-state index < -0.39 is 0 Å². The number of carbonyl (C=O) groups excluding carboxylic acids is 1. The molecule has 4 rings (SSSR count). The van der Waals surface area contributed by atoms with Gasteiger partial charge in [-0.3, -0.25) is 4.79 Å². The first kappa shape index (κ1) is 18.7. The fraction of sp³-hybridized carbons (Fsp3) is 0.667. The van der Waals surface area contributed by atoms with Crippen molar-refractivity contribution >= 4 is 18.3 Å². The van der Waals surface area contributed by atoms with Crippen molar-refractivity contribution in [1.29, 1.82) is 0 Å². The van der Waals surface area contributed by atoms with Crippen molar-refractivity contribution in [3.63, 3.8) is 0 Å². The van der Waals surface area contributed by atoms with Gasteiger partial charge in [0, 0.05) is 25.0 Å². The number of amides is 1. The van der Waals surface area contributed by atoms with Crippen LogP contribution in [0.2, 0.25) is 0 Å². The number of carbonyl (C=O) groups is 1. The minimum atomic E-state index is 0. The average molecular weight is 363 g/mol. The minimum absolute atomic E-state index is 0. The van der Waals surface area contributed by atoms with Crippen LogP contribution in [0.1, 0.15) is 62.8 Å². The molecule has 3 nitrogen and oxygen atoms in total. The lowest BCUT2D eigenvalue weighted by atomic mass is 9.77. The smallest absolute Gasteiger partial charge is 0.223 e. The van der Waals surface area contributed by atoms with Crippen molar-refractivity contribution in [2.75, 3.05) is 13.1 Å². The Bertz CT molecular complexity index is 542. The topological polar surface area (TPSA) is 32.3 Å². The second-order valence-electron chi connectivity index (χ2n) is 8.01. The Hall–Kier alpha value is -1.06. The second-order valence-corrected chi connectivity index (χ2v) is 8.01. The molecule has 2 atom stereocenters. The Morgan fingerprint density at radius 2 is 1.68 bits per heavy atom. The van der Waals surface area contributed by atoms with Gasteiger partial charge in [-0.25, -0.2) is 0 Å². The zero-order chi connectivity index (χ0) is 16.4. The van der Waals surface area contributed by atoms with Crippen molar-refractivity contribution in [1.82, 2.24) is 10.2 Å². The molecule has 2 unspecified atom stereocenters. The summed E-state index contributed by atoms with van der Waals surface area (Å²) >= 11 is 0. The molecule has 1 N–H and O–H groups in total. The van der Waals surface area contributed by atoms with Crippen LogP contribution in [0.15, 0.2) is 30.3 Å². The zero-order valence-electron chi connectivity index (χ0n) is 15.0. The molecule has 0 aromatic heterocycles. The van der Waals surface area contributed by atoms with Crippen LogP contribution in [-0.4, -0.2) is 36.0 Å². The molecule has 25 heavy (non-hydrogen) atoms. The maximum atomic E-state index is 12.9. The number of nitrogens with one attached hydrogen (secondary N) is 1. The Labute approximate surface area is 158 Å². The SMILES string of the molecule is Cl.O=C(CC1CCC(c2ccccc2)CC1)N1C2CCNCC1CC2. The Morgan fingerprint density at radius 1 is 0.960 bits per heavy atom. The van der Waals surface area contributed by atoms with Crippen LogP contribution in [0, 0.1) is 5.92 Å². The van der Waals surface area contributed by atoms with Gasteiger partial charge in [0.15, 0.2) is 0 Å². The van der Waals surface area contributed by atoms with Crippen LogP contribution in [-0.2, 0) is 4.79 Å². The van der Waals surface area contributed by atoms with E-state index in [1.165, 1.54) is 44.1 Å². The summed E-state index contributed by atoms with van der Waals surface area (Å²) in [6, 6.07) is 11.9. The molecule has 138 valence electrons. The van der Waals surface area contributed by atoms with Crippen molar-refractivity contribution in [3.05, 3.63) is 35.9 Å². The maximum Gasteiger partial charge on any atom is 0.223 e. The van der Waals surface area contributed by atoms with Gasteiger partial charge in [0.25, 0.3) is 0 Å². The van der Waals surface area contributed by atoms with E-state index in [2.05, 4.69) is 40.5 Å². The molecule has 2 heterocycles. The van der Waals surface area contributed by atoms with Gasteiger partial charge in [-0.15, -0.1) is 12.4 Å². The molecule has 4 heteroatoms. The fourth-order valence-corrected chi connectivity index (χ4v) is 5.17. The van der Waals surface area contributed by atoms with Crippen molar-refractivity contribution in [2.45, 2.75) is 69.4 Å². The highest BCUT2D eigenvalue weighted by Crippen LogP contribution is 2.38. The predicted octanol–water partition coefficient (Wildman–Crippen LogP) is 4.13. The normalized spacial score (nSPS) is 31.9. The highest BCUT2D eigenvalue weighted by atomic mass is 35.5. The fourth-order valence-electron chi connectivity index (χ4n) is 5.17. The van der Waals surface area contributed by atoms with E-state index in [4.69, 9.17) is 0 Å². The molecule has 2 saturated heterocycles. The number of rotatable bonds is 3. The molecule has 1 aromatic rings. The summed E-state index contributed by atoms with van der Waals surface area (Å²) < 4.78 is 0. The van der Waals surface area contributed by atoms with E-state index in [-0.39, 0.29) is 12.4 Å². The zero-order valence-corrected chi connectivity index (χ0v) is 15.8. The van der Waals surface area contributed by atoms with Crippen LogP contribution in [0.5, 0.6) is 0 Å². The van der Waals surface area contributed by atoms with Crippen LogP contribution in [0.3, 0.4) is 0 Å². The van der Waals surface area contributed by atoms with E-state index in [1.807, 2.05) is 0 Å². The van der Waals surface area contributed by atoms with Crippen molar-refractivity contribution in [2.24, 2.45) is 5.92 Å². The van der Waals surface area contributed by atoms with Gasteiger partial charge < -0.3 is 10.2 Å². The summed E-state index contributed by atoms with van der Waals surface area (Å²) in [7, 11) is 0. The number of halogens is 1. The summed E-state index contributed by atoms with van der Waals surface area (Å²) in [6.45, 7) is 2.08. The molecular weight excluding hydrogens is 332 g/mol. The van der Waals surface area contributed by atoms with Gasteiger partial charge in [-0.2, -0.15) is 0 Å². The summed E-state index contributed by atoms with van der Waals surface area (Å²) in [4.78, 5) is 15.2. The van der Waals surface area contributed by atoms with E-state index in [0.29, 0.717) is 29.8 Å². The number of benzene rings is 1. The summed E-state index contributed by atoms with van der Waals surface area (Å²) in [5.41, 5.74) is 1.49. The Balaban J connectivity index is 0.00000182. The minimum Gasteiger partial charge on any atom is -0.335 e. The summed E-state index contributed by atoms with van der Waals surface area (Å²) in [6.07, 6.45) is 9.27. The standard InChI is InChI=1S/C21H30N2O.ClH/c24-21(23-19-10-11-20(23)15-22-13-12-19)14-16-6-8-18(9-7-16)17-4-2-1-3-5-17;/h1-5,16,18-20,22H,6-15H2;1H. The highest BCUT2D eigenvalue weighted by Gasteiger charge is 2.38. The molecule has 2 aliphatic heterocycles. The van der Waals surface area contributed by atoms with E-state index in [0.717, 1.165) is 25.9 Å². The molecule has 1 aliphatic carbocycles. The molecular formula is C21H31ClN2O. The van der Waals surface area contributed by atoms with Crippen LogP contribution < -0.4 is 5.32 Å². The van der Waals surface area contributed by atoms with E-state index in [9.17, 15) is 4.79 Å². The Morgan fingerprint density at radius 3 is 2.44 bits per heavy atom. The first-order valence-electron chi connectivity index (χ1n) is 9.88. The molecule has 3 aliphatic rings. The number of fused-ring (bicyclic) bond motifs is 2. The third-order valence-corrected chi connectivity index (χ3v) is 6.52. The lowest BCUT2D eigenvalue weighted by Crippen LogP contribution is -2.43. The van der Waals surface area contributed by atoms with Crippen molar-refractivity contribution < 1.29 is 4.79 Å². The number of hydrogen-bond donors (Lipinski definition) is 1. The summed E-state index contributed by atoms with van der Waals surface area (Å²) in [5, 5.41) is 3.50. The van der Waals surface area contributed by atoms with Gasteiger partial charge in [-0.1, -0.05) is 30.3 Å². The molecule has 3 fully saturated rings. The van der Waals surface area contributed by atoms with Crippen molar-refractivity contribution in [3.8, 4) is 0 Å². The van der Waals surface area contributed by atoms with Gasteiger partial charge in [0.05, 0.1) is 0 Å². The van der Waals surface area contributed by atoms with Crippen LogP contribution in [0.4, 0.5) is 0 Å². The quantitative estimate of drug-likeness (QED) is 0.876. The van der Waals surface area contributed by atoms with Gasteiger partial charge in [0.1, 0.15) is 0 Å².